The largest absolute Gasteiger partial charge is 0.259 e. The number of H-pyrrole nitrogens is 1. The van der Waals surface area contributed by atoms with Gasteiger partial charge in [-0.05, 0) is 24.0 Å². The van der Waals surface area contributed by atoms with Gasteiger partial charge in [-0.1, -0.05) is 62.4 Å². The molecule has 0 spiro atoms. The summed E-state index contributed by atoms with van der Waals surface area (Å²) in [6.45, 7) is 4.31. The molecule has 0 aliphatic rings. The van der Waals surface area contributed by atoms with Crippen LogP contribution in [0.4, 0.5) is 0 Å². The summed E-state index contributed by atoms with van der Waals surface area (Å²) in [6, 6.07) is 16.8. The SMILES string of the molecule is CCc1ccc(-c2n[nH]c(-c3ccc(CC)cc3)n2)cc1. The maximum absolute atomic E-state index is 4.60. The zero-order valence-electron chi connectivity index (χ0n) is 12.4. The van der Waals surface area contributed by atoms with E-state index in [4.69, 9.17) is 0 Å². The van der Waals surface area contributed by atoms with E-state index in [9.17, 15) is 0 Å². The van der Waals surface area contributed by atoms with Crippen molar-refractivity contribution >= 4 is 0 Å². The summed E-state index contributed by atoms with van der Waals surface area (Å²) in [5.41, 5.74) is 4.76. The van der Waals surface area contributed by atoms with E-state index in [0.29, 0.717) is 0 Å². The third-order valence-corrected chi connectivity index (χ3v) is 3.74. The van der Waals surface area contributed by atoms with Gasteiger partial charge in [0.25, 0.3) is 0 Å². The third kappa shape index (κ3) is 2.87. The van der Waals surface area contributed by atoms with E-state index in [0.717, 1.165) is 35.6 Å². The van der Waals surface area contributed by atoms with Gasteiger partial charge in [-0.25, -0.2) is 4.98 Å². The van der Waals surface area contributed by atoms with Crippen molar-refractivity contribution in [1.29, 1.82) is 0 Å². The molecule has 3 rings (SSSR count). The number of hydrogen-bond acceptors (Lipinski definition) is 2. The van der Waals surface area contributed by atoms with Crippen molar-refractivity contribution in [3.8, 4) is 22.8 Å². The molecule has 1 N–H and O–H groups in total. The lowest BCUT2D eigenvalue weighted by Gasteiger charge is -1.99. The lowest BCUT2D eigenvalue weighted by Crippen LogP contribution is -1.84. The Labute approximate surface area is 125 Å². The fourth-order valence-corrected chi connectivity index (χ4v) is 2.31. The van der Waals surface area contributed by atoms with Crippen LogP contribution in [0.5, 0.6) is 0 Å². The number of aryl methyl sites for hydroxylation is 2. The van der Waals surface area contributed by atoms with Gasteiger partial charge in [0, 0.05) is 11.1 Å². The van der Waals surface area contributed by atoms with Crippen LogP contribution in [-0.4, -0.2) is 15.2 Å². The minimum Gasteiger partial charge on any atom is -0.259 e. The summed E-state index contributed by atoms with van der Waals surface area (Å²) in [7, 11) is 0. The number of aromatic amines is 1. The minimum absolute atomic E-state index is 0.743. The van der Waals surface area contributed by atoms with Crippen LogP contribution in [0.3, 0.4) is 0 Å². The summed E-state index contributed by atoms with van der Waals surface area (Å²) >= 11 is 0. The van der Waals surface area contributed by atoms with Gasteiger partial charge in [0.15, 0.2) is 11.6 Å². The van der Waals surface area contributed by atoms with Crippen LogP contribution < -0.4 is 0 Å². The zero-order valence-corrected chi connectivity index (χ0v) is 12.4. The van der Waals surface area contributed by atoms with Crippen LogP contribution >= 0.6 is 0 Å². The van der Waals surface area contributed by atoms with Crippen molar-refractivity contribution in [2.75, 3.05) is 0 Å². The Hall–Kier alpha value is -2.42. The predicted molar refractivity (Wildman–Crippen MR) is 86.0 cm³/mol. The van der Waals surface area contributed by atoms with Gasteiger partial charge >= 0.3 is 0 Å². The second-order valence-corrected chi connectivity index (χ2v) is 5.11. The van der Waals surface area contributed by atoms with Crippen LogP contribution in [0.15, 0.2) is 48.5 Å². The quantitative estimate of drug-likeness (QED) is 0.774. The molecule has 0 saturated heterocycles. The first-order chi connectivity index (χ1) is 10.3. The fourth-order valence-electron chi connectivity index (χ4n) is 2.31. The fraction of sp³-hybridized carbons (Fsp3) is 0.222. The molecule has 0 aliphatic carbocycles. The van der Waals surface area contributed by atoms with Crippen molar-refractivity contribution in [3.63, 3.8) is 0 Å². The van der Waals surface area contributed by atoms with Gasteiger partial charge in [-0.2, -0.15) is 5.10 Å². The Bertz CT molecular complexity index is 647. The van der Waals surface area contributed by atoms with Crippen molar-refractivity contribution in [2.45, 2.75) is 26.7 Å². The highest BCUT2D eigenvalue weighted by molar-refractivity contribution is 5.61. The molecule has 1 aromatic heterocycles. The molecule has 1 heterocycles. The summed E-state index contributed by atoms with van der Waals surface area (Å²) in [5, 5.41) is 7.35. The average Bonchev–Trinajstić information content (AvgIpc) is 3.05. The lowest BCUT2D eigenvalue weighted by molar-refractivity contribution is 1.09. The molecule has 2 aromatic carbocycles. The standard InChI is InChI=1S/C18H19N3/c1-3-13-5-9-15(10-6-13)17-19-18(21-20-17)16-11-7-14(4-2)8-12-16/h5-12H,3-4H2,1-2H3,(H,19,20,21). The van der Waals surface area contributed by atoms with Crippen LogP contribution in [-0.2, 0) is 12.8 Å². The third-order valence-electron chi connectivity index (χ3n) is 3.74. The van der Waals surface area contributed by atoms with Crippen LogP contribution in [0.2, 0.25) is 0 Å². The average molecular weight is 277 g/mol. The number of nitrogens with zero attached hydrogens (tertiary/aromatic N) is 2. The molecule has 0 saturated carbocycles. The second-order valence-electron chi connectivity index (χ2n) is 5.11. The van der Waals surface area contributed by atoms with Gasteiger partial charge in [0.05, 0.1) is 0 Å². The highest BCUT2D eigenvalue weighted by Gasteiger charge is 2.07. The minimum atomic E-state index is 0.743. The van der Waals surface area contributed by atoms with E-state index >= 15 is 0 Å². The molecule has 0 fully saturated rings. The topological polar surface area (TPSA) is 41.6 Å². The van der Waals surface area contributed by atoms with Crippen LogP contribution in [0.1, 0.15) is 25.0 Å². The van der Waals surface area contributed by atoms with E-state index in [2.05, 4.69) is 77.6 Å². The number of rotatable bonds is 4. The van der Waals surface area contributed by atoms with Crippen molar-refractivity contribution in [1.82, 2.24) is 15.2 Å². The normalized spacial score (nSPS) is 10.8. The zero-order chi connectivity index (χ0) is 14.7. The maximum Gasteiger partial charge on any atom is 0.181 e. The van der Waals surface area contributed by atoms with E-state index in [1.54, 1.807) is 0 Å². The Kier molecular flexibility index (Phi) is 3.82. The van der Waals surface area contributed by atoms with Gasteiger partial charge in [0.1, 0.15) is 0 Å². The molecule has 3 aromatic rings. The van der Waals surface area contributed by atoms with E-state index in [1.807, 2.05) is 0 Å². The summed E-state index contributed by atoms with van der Waals surface area (Å²) < 4.78 is 0. The molecule has 21 heavy (non-hydrogen) atoms. The molecule has 0 bridgehead atoms. The monoisotopic (exact) mass is 277 g/mol. The molecule has 3 nitrogen and oxygen atoms in total. The van der Waals surface area contributed by atoms with Gasteiger partial charge in [-0.3, -0.25) is 5.10 Å². The summed E-state index contributed by atoms with van der Waals surface area (Å²) in [4.78, 5) is 4.60. The van der Waals surface area contributed by atoms with Gasteiger partial charge in [-0.15, -0.1) is 0 Å². The van der Waals surface area contributed by atoms with Crippen molar-refractivity contribution < 1.29 is 0 Å². The van der Waals surface area contributed by atoms with Gasteiger partial charge < -0.3 is 0 Å². The Morgan fingerprint density at radius 2 is 1.29 bits per heavy atom. The van der Waals surface area contributed by atoms with E-state index in [-0.39, 0.29) is 0 Å². The molecule has 106 valence electrons. The molecular formula is C18H19N3. The number of hydrogen-bond donors (Lipinski definition) is 1. The second kappa shape index (κ2) is 5.92. The first-order valence-corrected chi connectivity index (χ1v) is 7.41. The maximum atomic E-state index is 4.60. The Morgan fingerprint density at radius 3 is 1.81 bits per heavy atom. The van der Waals surface area contributed by atoms with E-state index < -0.39 is 0 Å². The highest BCUT2D eigenvalue weighted by Crippen LogP contribution is 2.21. The number of aromatic nitrogens is 3. The highest BCUT2D eigenvalue weighted by atomic mass is 15.2. The van der Waals surface area contributed by atoms with E-state index in [1.165, 1.54) is 11.1 Å². The van der Waals surface area contributed by atoms with Crippen molar-refractivity contribution in [3.05, 3.63) is 59.7 Å². The Morgan fingerprint density at radius 1 is 0.762 bits per heavy atom. The molecule has 0 unspecified atom stereocenters. The van der Waals surface area contributed by atoms with Crippen LogP contribution in [0, 0.1) is 0 Å². The molecule has 0 atom stereocenters. The summed E-state index contributed by atoms with van der Waals surface area (Å²) in [6.07, 6.45) is 2.09. The first-order valence-electron chi connectivity index (χ1n) is 7.41. The number of benzene rings is 2. The molecule has 0 radical (unpaired) electrons. The van der Waals surface area contributed by atoms with Crippen molar-refractivity contribution in [2.24, 2.45) is 0 Å². The lowest BCUT2D eigenvalue weighted by atomic mass is 10.1. The molecule has 0 amide bonds. The van der Waals surface area contributed by atoms with Gasteiger partial charge in [0.2, 0.25) is 0 Å². The molecule has 0 aliphatic heterocycles. The predicted octanol–water partition coefficient (Wildman–Crippen LogP) is 4.26. The Balaban J connectivity index is 1.87. The number of nitrogens with one attached hydrogen (secondary N) is 1. The van der Waals surface area contributed by atoms with Crippen LogP contribution in [0.25, 0.3) is 22.8 Å². The summed E-state index contributed by atoms with van der Waals surface area (Å²) in [5.74, 6) is 1.56. The smallest absolute Gasteiger partial charge is 0.181 e. The molecular weight excluding hydrogens is 258 g/mol. The first kappa shape index (κ1) is 13.6. The molecule has 3 heteroatoms.